The van der Waals surface area contributed by atoms with Gasteiger partial charge in [0.1, 0.15) is 10.8 Å². The Balaban J connectivity index is 1.75. The first kappa shape index (κ1) is 20.9. The molecule has 1 aromatic carbocycles. The van der Waals surface area contributed by atoms with E-state index in [1.54, 1.807) is 7.11 Å². The van der Waals surface area contributed by atoms with Crippen LogP contribution in [-0.4, -0.2) is 39.2 Å². The zero-order chi connectivity index (χ0) is 21.0. The van der Waals surface area contributed by atoms with Crippen molar-refractivity contribution in [2.45, 2.75) is 31.6 Å². The highest BCUT2D eigenvalue weighted by atomic mass is 32.1. The van der Waals surface area contributed by atoms with E-state index in [4.69, 9.17) is 14.2 Å². The smallest absolute Gasteiger partial charge is 0.341 e. The third-order valence-corrected chi connectivity index (χ3v) is 6.14. The van der Waals surface area contributed by atoms with Crippen LogP contribution < -0.4 is 10.1 Å². The van der Waals surface area contributed by atoms with Gasteiger partial charge in [-0.25, -0.2) is 4.79 Å². The molecule has 154 valence electrons. The van der Waals surface area contributed by atoms with Gasteiger partial charge in [0.15, 0.2) is 0 Å². The van der Waals surface area contributed by atoms with Crippen molar-refractivity contribution >= 4 is 34.2 Å². The van der Waals surface area contributed by atoms with Gasteiger partial charge in [0.2, 0.25) is 5.91 Å². The number of carbonyl (C=O) groups is 3. The average Bonchev–Trinajstić information content (AvgIpc) is 3.30. The van der Waals surface area contributed by atoms with Gasteiger partial charge < -0.3 is 19.5 Å². The summed E-state index contributed by atoms with van der Waals surface area (Å²) in [4.78, 5) is 37.9. The number of hydrogen-bond donors (Lipinski definition) is 1. The van der Waals surface area contributed by atoms with Crippen LogP contribution >= 0.6 is 11.3 Å². The van der Waals surface area contributed by atoms with E-state index >= 15 is 0 Å². The Morgan fingerprint density at radius 1 is 1.10 bits per heavy atom. The highest BCUT2D eigenvalue weighted by Crippen LogP contribution is 2.45. The maximum Gasteiger partial charge on any atom is 0.341 e. The summed E-state index contributed by atoms with van der Waals surface area (Å²) >= 11 is 1.32. The first-order chi connectivity index (χ1) is 14.0. The standard InChI is InChI=1S/C21H23NO6S/c1-26-13-7-4-12(5-8-13)6-11-16(23)22-19-18(21(25)28-3)17-14(20(24)27-2)9-10-15(17)29-19/h4-5,7-8,14H,6,9-11H2,1-3H3,(H,22,23). The molecule has 1 N–H and O–H groups in total. The number of thiophene rings is 1. The molecule has 0 bridgehead atoms. The number of esters is 2. The fourth-order valence-electron chi connectivity index (χ4n) is 3.47. The molecule has 0 saturated carbocycles. The molecule has 7 nitrogen and oxygen atoms in total. The van der Waals surface area contributed by atoms with Crippen molar-refractivity contribution in [3.05, 3.63) is 45.8 Å². The fraction of sp³-hybridized carbons (Fsp3) is 0.381. The van der Waals surface area contributed by atoms with Crippen molar-refractivity contribution in [2.24, 2.45) is 0 Å². The Morgan fingerprint density at radius 3 is 2.45 bits per heavy atom. The maximum absolute atomic E-state index is 12.5. The first-order valence-electron chi connectivity index (χ1n) is 9.23. The summed E-state index contributed by atoms with van der Waals surface area (Å²) in [6, 6.07) is 7.51. The molecule has 29 heavy (non-hydrogen) atoms. The second-order valence-corrected chi connectivity index (χ2v) is 7.75. The van der Waals surface area contributed by atoms with Crippen molar-refractivity contribution in [2.75, 3.05) is 26.6 Å². The van der Waals surface area contributed by atoms with Crippen LogP contribution in [0, 0.1) is 0 Å². The third kappa shape index (κ3) is 4.42. The molecule has 1 unspecified atom stereocenters. The lowest BCUT2D eigenvalue weighted by Crippen LogP contribution is -2.17. The van der Waals surface area contributed by atoms with Gasteiger partial charge in [-0.1, -0.05) is 12.1 Å². The number of benzene rings is 1. The summed E-state index contributed by atoms with van der Waals surface area (Å²) < 4.78 is 14.9. The van der Waals surface area contributed by atoms with Gasteiger partial charge in [0.05, 0.1) is 32.8 Å². The van der Waals surface area contributed by atoms with Gasteiger partial charge in [0.25, 0.3) is 0 Å². The SMILES string of the molecule is COC(=O)c1c(NC(=O)CCc2ccc(OC)cc2)sc2c1C(C(=O)OC)CC2. The molecule has 1 atom stereocenters. The lowest BCUT2D eigenvalue weighted by molar-refractivity contribution is -0.142. The van der Waals surface area contributed by atoms with Gasteiger partial charge in [-0.3, -0.25) is 9.59 Å². The van der Waals surface area contributed by atoms with Crippen LogP contribution in [0.5, 0.6) is 5.75 Å². The van der Waals surface area contributed by atoms with Crippen LogP contribution in [0.25, 0.3) is 0 Å². The predicted molar refractivity (Wildman–Crippen MR) is 109 cm³/mol. The maximum atomic E-state index is 12.5. The number of nitrogens with one attached hydrogen (secondary N) is 1. The van der Waals surface area contributed by atoms with Crippen LogP contribution in [0.3, 0.4) is 0 Å². The highest BCUT2D eigenvalue weighted by Gasteiger charge is 2.38. The Kier molecular flexibility index (Phi) is 6.53. The molecule has 0 aliphatic heterocycles. The molecule has 2 aromatic rings. The predicted octanol–water partition coefficient (Wildman–Crippen LogP) is 3.32. The minimum atomic E-state index is -0.566. The van der Waals surface area contributed by atoms with E-state index in [0.29, 0.717) is 29.8 Å². The van der Waals surface area contributed by atoms with Gasteiger partial charge >= 0.3 is 11.9 Å². The molecular weight excluding hydrogens is 394 g/mol. The molecule has 0 fully saturated rings. The molecule has 1 amide bonds. The molecule has 1 aliphatic carbocycles. The Bertz CT molecular complexity index is 918. The number of amides is 1. The fourth-order valence-corrected chi connectivity index (χ4v) is 4.76. The summed E-state index contributed by atoms with van der Waals surface area (Å²) in [5.41, 5.74) is 1.89. The number of ether oxygens (including phenoxy) is 3. The van der Waals surface area contributed by atoms with E-state index in [9.17, 15) is 14.4 Å². The van der Waals surface area contributed by atoms with Crippen LogP contribution in [0.2, 0.25) is 0 Å². The molecule has 1 heterocycles. The second-order valence-electron chi connectivity index (χ2n) is 6.65. The van der Waals surface area contributed by atoms with Gasteiger partial charge in [0, 0.05) is 11.3 Å². The van der Waals surface area contributed by atoms with Crippen LogP contribution in [0.15, 0.2) is 24.3 Å². The Hall–Kier alpha value is -2.87. The van der Waals surface area contributed by atoms with Crippen molar-refractivity contribution in [3.8, 4) is 5.75 Å². The normalized spacial score (nSPS) is 14.8. The molecule has 1 aliphatic rings. The number of hydrogen-bond acceptors (Lipinski definition) is 7. The van der Waals surface area contributed by atoms with Crippen LogP contribution in [-0.2, 0) is 31.9 Å². The Labute approximate surface area is 173 Å². The minimum Gasteiger partial charge on any atom is -0.497 e. The third-order valence-electron chi connectivity index (χ3n) is 4.96. The van der Waals surface area contributed by atoms with E-state index in [2.05, 4.69) is 5.32 Å². The second kappa shape index (κ2) is 9.09. The van der Waals surface area contributed by atoms with Crippen molar-refractivity contribution in [1.82, 2.24) is 0 Å². The quantitative estimate of drug-likeness (QED) is 0.695. The van der Waals surface area contributed by atoms with E-state index in [0.717, 1.165) is 16.2 Å². The van der Waals surface area contributed by atoms with Crippen molar-refractivity contribution < 1.29 is 28.6 Å². The number of fused-ring (bicyclic) bond motifs is 1. The van der Waals surface area contributed by atoms with E-state index < -0.39 is 11.9 Å². The summed E-state index contributed by atoms with van der Waals surface area (Å²) in [6.07, 6.45) is 2.06. The van der Waals surface area contributed by atoms with Gasteiger partial charge in [-0.05, 0) is 42.5 Å². The average molecular weight is 417 g/mol. The largest absolute Gasteiger partial charge is 0.497 e. The van der Waals surface area contributed by atoms with Gasteiger partial charge in [-0.15, -0.1) is 11.3 Å². The van der Waals surface area contributed by atoms with Gasteiger partial charge in [-0.2, -0.15) is 0 Å². The molecule has 1 aromatic heterocycles. The summed E-state index contributed by atoms with van der Waals surface area (Å²) in [7, 11) is 4.21. The molecule has 0 spiro atoms. The molecule has 3 rings (SSSR count). The number of anilines is 1. The van der Waals surface area contributed by atoms with Crippen LogP contribution in [0.4, 0.5) is 5.00 Å². The first-order valence-corrected chi connectivity index (χ1v) is 10.0. The number of aryl methyl sites for hydroxylation is 2. The summed E-state index contributed by atoms with van der Waals surface area (Å²) in [5, 5.41) is 3.25. The zero-order valence-electron chi connectivity index (χ0n) is 16.6. The van der Waals surface area contributed by atoms with E-state index in [-0.39, 0.29) is 23.9 Å². The molecular formula is C21H23NO6S. The zero-order valence-corrected chi connectivity index (χ0v) is 17.4. The summed E-state index contributed by atoms with van der Waals surface area (Å²) in [5.74, 6) is -0.909. The van der Waals surface area contributed by atoms with E-state index in [1.165, 1.54) is 25.6 Å². The van der Waals surface area contributed by atoms with Crippen LogP contribution in [0.1, 0.15) is 45.1 Å². The lowest BCUT2D eigenvalue weighted by atomic mass is 9.99. The number of rotatable bonds is 7. The molecule has 8 heteroatoms. The molecule has 0 saturated heterocycles. The Morgan fingerprint density at radius 2 is 1.83 bits per heavy atom. The molecule has 0 radical (unpaired) electrons. The highest BCUT2D eigenvalue weighted by molar-refractivity contribution is 7.17. The van der Waals surface area contributed by atoms with E-state index in [1.807, 2.05) is 24.3 Å². The number of methoxy groups -OCH3 is 3. The topological polar surface area (TPSA) is 90.9 Å². The van der Waals surface area contributed by atoms with Crippen molar-refractivity contribution in [3.63, 3.8) is 0 Å². The number of carbonyl (C=O) groups excluding carboxylic acids is 3. The summed E-state index contributed by atoms with van der Waals surface area (Å²) in [6.45, 7) is 0. The minimum absolute atomic E-state index is 0.208. The lowest BCUT2D eigenvalue weighted by Gasteiger charge is -2.12. The monoisotopic (exact) mass is 417 g/mol. The van der Waals surface area contributed by atoms with Crippen molar-refractivity contribution in [1.29, 1.82) is 0 Å².